The molecule has 0 aromatic heterocycles. The lowest BCUT2D eigenvalue weighted by atomic mass is 10.0. The summed E-state index contributed by atoms with van der Waals surface area (Å²) in [6.45, 7) is 0. The number of nitrogens with two attached hydrogens (primary N) is 4. The van der Waals surface area contributed by atoms with E-state index in [0.717, 1.165) is 0 Å². The lowest BCUT2D eigenvalue weighted by molar-refractivity contribution is 0.614. The molecule has 0 fully saturated rings. The molecule has 12 nitrogen and oxygen atoms in total. The molecule has 12 heteroatoms. The van der Waals surface area contributed by atoms with Crippen molar-refractivity contribution in [3.05, 3.63) is 24.3 Å². The molecule has 2 rings (SSSR count). The molecule has 0 saturated carbocycles. The molecule has 0 radical (unpaired) electrons. The largest absolute Gasteiger partial charge is 0.370 e. The molecule has 0 spiro atoms. The number of nitrogens with zero attached hydrogens (tertiary/aromatic N) is 8. The van der Waals surface area contributed by atoms with E-state index in [0.29, 0.717) is 57.4 Å². The van der Waals surface area contributed by atoms with Gasteiger partial charge in [-0.3, -0.25) is 0 Å². The maximum absolute atomic E-state index is 6.15. The molecule has 0 amide bonds. The molecular weight excluding hydrogens is 432 g/mol. The van der Waals surface area contributed by atoms with Crippen LogP contribution >= 0.6 is 0 Å². The molecule has 0 aliphatic carbocycles. The van der Waals surface area contributed by atoms with Gasteiger partial charge in [-0.25, -0.2) is 20.0 Å². The molecule has 0 bridgehead atoms. The number of guanidine groups is 4. The van der Waals surface area contributed by atoms with Crippen LogP contribution in [0.2, 0.25) is 0 Å². The number of hydrogen-bond donors (Lipinski definition) is 4. The van der Waals surface area contributed by atoms with E-state index in [9.17, 15) is 0 Å². The van der Waals surface area contributed by atoms with Crippen LogP contribution in [0.25, 0.3) is 10.8 Å². The Morgan fingerprint density at radius 1 is 0.441 bits per heavy atom. The van der Waals surface area contributed by atoms with Crippen molar-refractivity contribution >= 4 is 57.4 Å². The van der Waals surface area contributed by atoms with E-state index in [1.807, 2.05) is 80.6 Å². The minimum atomic E-state index is 0.322. The molecule has 0 aliphatic rings. The summed E-state index contributed by atoms with van der Waals surface area (Å²) in [6.07, 6.45) is 0. The zero-order valence-electron chi connectivity index (χ0n) is 21.2. The fourth-order valence-electron chi connectivity index (χ4n) is 2.69. The second-order valence-electron chi connectivity index (χ2n) is 8.42. The Kier molecular flexibility index (Phi) is 8.12. The number of aliphatic imine (C=N–C) groups is 4. The summed E-state index contributed by atoms with van der Waals surface area (Å²) in [6, 6.07) is 7.25. The minimum absolute atomic E-state index is 0.322. The number of benzene rings is 2. The first-order valence-electron chi connectivity index (χ1n) is 10.5. The van der Waals surface area contributed by atoms with Gasteiger partial charge in [-0.15, -0.1) is 0 Å². The summed E-state index contributed by atoms with van der Waals surface area (Å²) >= 11 is 0. The van der Waals surface area contributed by atoms with Crippen molar-refractivity contribution in [1.82, 2.24) is 19.6 Å². The van der Waals surface area contributed by atoms with Crippen LogP contribution in [0.15, 0.2) is 44.2 Å². The van der Waals surface area contributed by atoms with Crippen LogP contribution in [0.5, 0.6) is 0 Å². The van der Waals surface area contributed by atoms with Crippen LogP contribution in [-0.4, -0.2) is 99.8 Å². The molecule has 0 saturated heterocycles. The highest BCUT2D eigenvalue weighted by molar-refractivity contribution is 6.14. The van der Waals surface area contributed by atoms with E-state index in [1.54, 1.807) is 19.6 Å². The Morgan fingerprint density at radius 3 is 0.765 bits per heavy atom. The van der Waals surface area contributed by atoms with Gasteiger partial charge in [0.1, 0.15) is 0 Å². The summed E-state index contributed by atoms with van der Waals surface area (Å²) in [5.74, 6) is 1.29. The van der Waals surface area contributed by atoms with E-state index in [-0.39, 0.29) is 0 Å². The SMILES string of the molecule is CN(C)C(N)=Nc1ccc(N=C(N)N(C)C)c2c(N=C(N)N(C)C)ccc(N=C(N)N(C)C)c12. The Hall–Kier alpha value is -4.22. The average molecular weight is 469 g/mol. The van der Waals surface area contributed by atoms with Crippen molar-refractivity contribution < 1.29 is 0 Å². The van der Waals surface area contributed by atoms with Crippen molar-refractivity contribution in [3.8, 4) is 0 Å². The summed E-state index contributed by atoms with van der Waals surface area (Å²) in [5.41, 5.74) is 26.9. The van der Waals surface area contributed by atoms with Gasteiger partial charge in [0.15, 0.2) is 23.8 Å². The zero-order chi connectivity index (χ0) is 25.7. The van der Waals surface area contributed by atoms with E-state index in [4.69, 9.17) is 22.9 Å². The molecule has 0 unspecified atom stereocenters. The van der Waals surface area contributed by atoms with Gasteiger partial charge >= 0.3 is 0 Å². The second-order valence-corrected chi connectivity index (χ2v) is 8.42. The fraction of sp³-hybridized carbons (Fsp3) is 0.364. The maximum Gasteiger partial charge on any atom is 0.195 e. The van der Waals surface area contributed by atoms with Gasteiger partial charge in [-0.05, 0) is 24.3 Å². The summed E-state index contributed by atoms with van der Waals surface area (Å²) in [4.78, 5) is 25.4. The summed E-state index contributed by atoms with van der Waals surface area (Å²) < 4.78 is 0. The van der Waals surface area contributed by atoms with Crippen LogP contribution in [0, 0.1) is 0 Å². The fourth-order valence-corrected chi connectivity index (χ4v) is 2.69. The predicted molar refractivity (Wildman–Crippen MR) is 144 cm³/mol. The molecule has 34 heavy (non-hydrogen) atoms. The lowest BCUT2D eigenvalue weighted by Crippen LogP contribution is -2.30. The van der Waals surface area contributed by atoms with Gasteiger partial charge in [0.25, 0.3) is 0 Å². The van der Waals surface area contributed by atoms with Gasteiger partial charge in [-0.2, -0.15) is 0 Å². The highest BCUT2D eigenvalue weighted by Crippen LogP contribution is 2.45. The van der Waals surface area contributed by atoms with E-state index in [2.05, 4.69) is 20.0 Å². The van der Waals surface area contributed by atoms with Crippen LogP contribution in [0.3, 0.4) is 0 Å². The average Bonchev–Trinajstić information content (AvgIpc) is 2.75. The number of hydrogen-bond acceptors (Lipinski definition) is 4. The predicted octanol–water partition coefficient (Wildman–Crippen LogP) is 0.871. The molecule has 0 aliphatic heterocycles. The first kappa shape index (κ1) is 26.0. The van der Waals surface area contributed by atoms with Crippen molar-refractivity contribution in [2.75, 3.05) is 56.4 Å². The number of rotatable bonds is 4. The smallest absolute Gasteiger partial charge is 0.195 e. The molecule has 184 valence electrons. The van der Waals surface area contributed by atoms with Crippen molar-refractivity contribution in [3.63, 3.8) is 0 Å². The molecular formula is C22H36N12. The van der Waals surface area contributed by atoms with Gasteiger partial charge in [0.2, 0.25) is 0 Å². The van der Waals surface area contributed by atoms with Gasteiger partial charge in [0, 0.05) is 67.2 Å². The summed E-state index contributed by atoms with van der Waals surface area (Å²) in [7, 11) is 14.5. The Balaban J connectivity index is 3.12. The zero-order valence-corrected chi connectivity index (χ0v) is 21.2. The van der Waals surface area contributed by atoms with Crippen molar-refractivity contribution in [2.24, 2.45) is 42.9 Å². The van der Waals surface area contributed by atoms with Crippen molar-refractivity contribution in [2.45, 2.75) is 0 Å². The normalized spacial score (nSPS) is 13.3. The topological polar surface area (TPSA) is 166 Å². The van der Waals surface area contributed by atoms with Gasteiger partial charge in [-0.1, -0.05) is 0 Å². The van der Waals surface area contributed by atoms with E-state index >= 15 is 0 Å². The Bertz CT molecular complexity index is 979. The Labute approximate surface area is 200 Å². The third-order valence-electron chi connectivity index (χ3n) is 4.85. The standard InChI is InChI=1S/C22H36N12/c1-31(2)19(23)27-13-9-10-15(29-21(25)33(5)6)18-16(30-22(26)34(7)8)12-11-14(17(13)18)28-20(24)32(3)4/h9-12H,1-8H3,(H2,23,27)(H2,24,28)(H2,25,29)(H2,26,30). The third-order valence-corrected chi connectivity index (χ3v) is 4.85. The van der Waals surface area contributed by atoms with Crippen LogP contribution < -0.4 is 22.9 Å². The summed E-state index contributed by atoms with van der Waals surface area (Å²) in [5, 5.41) is 1.32. The molecule has 0 heterocycles. The first-order chi connectivity index (χ1) is 15.8. The molecule has 2 aromatic rings. The lowest BCUT2D eigenvalue weighted by Gasteiger charge is -2.17. The molecule has 8 N–H and O–H groups in total. The minimum Gasteiger partial charge on any atom is -0.370 e. The first-order valence-corrected chi connectivity index (χ1v) is 10.5. The second kappa shape index (κ2) is 10.6. The van der Waals surface area contributed by atoms with Crippen LogP contribution in [-0.2, 0) is 0 Å². The van der Waals surface area contributed by atoms with Crippen LogP contribution in [0.4, 0.5) is 22.7 Å². The third kappa shape index (κ3) is 5.97. The van der Waals surface area contributed by atoms with E-state index < -0.39 is 0 Å². The van der Waals surface area contributed by atoms with Crippen molar-refractivity contribution in [1.29, 1.82) is 0 Å². The Morgan fingerprint density at radius 2 is 0.618 bits per heavy atom. The molecule has 2 aromatic carbocycles. The molecule has 0 atom stereocenters. The van der Waals surface area contributed by atoms with E-state index in [1.165, 1.54) is 0 Å². The quantitative estimate of drug-likeness (QED) is 0.379. The maximum atomic E-state index is 6.15. The van der Waals surface area contributed by atoms with Gasteiger partial charge < -0.3 is 42.5 Å². The van der Waals surface area contributed by atoms with Crippen LogP contribution in [0.1, 0.15) is 0 Å². The highest BCUT2D eigenvalue weighted by atomic mass is 15.2. The van der Waals surface area contributed by atoms with Gasteiger partial charge in [0.05, 0.1) is 22.7 Å². The highest BCUT2D eigenvalue weighted by Gasteiger charge is 2.17. The monoisotopic (exact) mass is 468 g/mol. The number of fused-ring (bicyclic) bond motifs is 1.